The maximum atomic E-state index is 13.8. The summed E-state index contributed by atoms with van der Waals surface area (Å²) in [5.74, 6) is 0.488. The molecule has 0 bridgehead atoms. The van der Waals surface area contributed by atoms with Gasteiger partial charge in [-0.05, 0) is 24.6 Å². The third-order valence-corrected chi connectivity index (χ3v) is 2.74. The van der Waals surface area contributed by atoms with Gasteiger partial charge in [-0.25, -0.2) is 9.37 Å². The quantitative estimate of drug-likeness (QED) is 0.852. The fourth-order valence-corrected chi connectivity index (χ4v) is 1.88. The van der Waals surface area contributed by atoms with Crippen molar-refractivity contribution in [3.63, 3.8) is 0 Å². The second-order valence-electron chi connectivity index (χ2n) is 3.89. The van der Waals surface area contributed by atoms with Crippen molar-refractivity contribution in [3.05, 3.63) is 47.8 Å². The smallest absolute Gasteiger partial charge is 0.165 e. The van der Waals surface area contributed by atoms with Crippen LogP contribution in [0, 0.1) is 5.82 Å². The normalized spacial score (nSPS) is 12.4. The number of benzene rings is 1. The fraction of sp³-hybridized carbons (Fsp3) is 0.308. The Morgan fingerprint density at radius 2 is 2.33 bits per heavy atom. The average molecular weight is 249 g/mol. The van der Waals surface area contributed by atoms with Gasteiger partial charge in [0.2, 0.25) is 0 Å². The van der Waals surface area contributed by atoms with E-state index in [1.54, 1.807) is 18.5 Å². The largest absolute Gasteiger partial charge is 0.491 e. The van der Waals surface area contributed by atoms with Crippen molar-refractivity contribution >= 4 is 0 Å². The number of aromatic nitrogens is 2. The van der Waals surface area contributed by atoms with Crippen molar-refractivity contribution < 1.29 is 9.13 Å². The summed E-state index contributed by atoms with van der Waals surface area (Å²) in [7, 11) is 0. The lowest BCUT2D eigenvalue weighted by Gasteiger charge is -2.14. The number of hydrogen-bond acceptors (Lipinski definition) is 3. The van der Waals surface area contributed by atoms with Gasteiger partial charge in [0.25, 0.3) is 0 Å². The summed E-state index contributed by atoms with van der Waals surface area (Å²) >= 11 is 0. The Morgan fingerprint density at radius 1 is 1.50 bits per heavy atom. The van der Waals surface area contributed by atoms with Crippen LogP contribution in [-0.4, -0.2) is 23.1 Å². The number of halogens is 1. The molecule has 1 atom stereocenters. The molecule has 1 aromatic heterocycles. The number of nitrogens with two attached hydrogens (primary N) is 1. The summed E-state index contributed by atoms with van der Waals surface area (Å²) in [4.78, 5) is 7.16. The van der Waals surface area contributed by atoms with E-state index in [4.69, 9.17) is 10.5 Å². The average Bonchev–Trinajstić information content (AvgIpc) is 2.87. The molecular weight excluding hydrogens is 233 g/mol. The van der Waals surface area contributed by atoms with Crippen LogP contribution < -0.4 is 10.5 Å². The predicted octanol–water partition coefficient (Wildman–Crippen LogP) is 2.04. The summed E-state index contributed by atoms with van der Waals surface area (Å²) in [6.07, 6.45) is 3.38. The number of H-pyrrole nitrogens is 1. The molecule has 0 saturated carbocycles. The molecule has 0 saturated heterocycles. The van der Waals surface area contributed by atoms with Crippen LogP contribution in [0.4, 0.5) is 4.39 Å². The van der Waals surface area contributed by atoms with Crippen LogP contribution in [0.2, 0.25) is 0 Å². The molecule has 1 heterocycles. The van der Waals surface area contributed by atoms with Gasteiger partial charge in [-0.2, -0.15) is 0 Å². The minimum Gasteiger partial charge on any atom is -0.491 e. The minimum absolute atomic E-state index is 0.134. The van der Waals surface area contributed by atoms with Gasteiger partial charge in [0, 0.05) is 18.9 Å². The number of hydrogen-bond donors (Lipinski definition) is 2. The lowest BCUT2D eigenvalue weighted by Crippen LogP contribution is -2.15. The van der Waals surface area contributed by atoms with E-state index >= 15 is 0 Å². The summed E-state index contributed by atoms with van der Waals surface area (Å²) in [5, 5.41) is 0. The highest BCUT2D eigenvalue weighted by atomic mass is 19.1. The minimum atomic E-state index is -0.376. The molecule has 1 aromatic carbocycles. The summed E-state index contributed by atoms with van der Waals surface area (Å²) in [5.41, 5.74) is 6.51. The van der Waals surface area contributed by atoms with Gasteiger partial charge in [-0.15, -0.1) is 0 Å². The predicted molar refractivity (Wildman–Crippen MR) is 67.1 cm³/mol. The van der Waals surface area contributed by atoms with Crippen LogP contribution in [0.15, 0.2) is 30.6 Å². The van der Waals surface area contributed by atoms with E-state index in [-0.39, 0.29) is 17.5 Å². The van der Waals surface area contributed by atoms with Gasteiger partial charge in [0.05, 0.1) is 12.5 Å². The van der Waals surface area contributed by atoms with Crippen molar-refractivity contribution in [3.8, 4) is 5.75 Å². The molecule has 3 N–H and O–H groups in total. The van der Waals surface area contributed by atoms with Crippen molar-refractivity contribution in [1.29, 1.82) is 0 Å². The van der Waals surface area contributed by atoms with Gasteiger partial charge in [-0.1, -0.05) is 6.07 Å². The van der Waals surface area contributed by atoms with Gasteiger partial charge < -0.3 is 15.5 Å². The van der Waals surface area contributed by atoms with Gasteiger partial charge in [0.1, 0.15) is 5.82 Å². The van der Waals surface area contributed by atoms with Crippen LogP contribution in [0.5, 0.6) is 5.75 Å². The molecule has 2 aromatic rings. The van der Waals surface area contributed by atoms with Crippen molar-refractivity contribution in [2.24, 2.45) is 5.73 Å². The lowest BCUT2D eigenvalue weighted by atomic mass is 9.98. The number of ether oxygens (including phenoxy) is 1. The van der Waals surface area contributed by atoms with E-state index in [1.165, 1.54) is 6.07 Å². The number of aromatic amines is 1. The molecule has 0 aliphatic rings. The zero-order chi connectivity index (χ0) is 13.0. The Hall–Kier alpha value is -1.88. The number of nitrogens with zero attached hydrogens (tertiary/aromatic N) is 1. The van der Waals surface area contributed by atoms with Gasteiger partial charge >= 0.3 is 0 Å². The first-order chi connectivity index (χ1) is 8.76. The second kappa shape index (κ2) is 5.64. The maximum Gasteiger partial charge on any atom is 0.165 e. The first-order valence-corrected chi connectivity index (χ1v) is 5.87. The molecule has 0 fully saturated rings. The van der Waals surface area contributed by atoms with E-state index in [2.05, 4.69) is 9.97 Å². The summed E-state index contributed by atoms with van der Waals surface area (Å²) < 4.78 is 18.9. The molecule has 1 unspecified atom stereocenters. The molecule has 0 spiro atoms. The molecule has 0 radical (unpaired) electrons. The Labute approximate surface area is 105 Å². The summed E-state index contributed by atoms with van der Waals surface area (Å²) in [6.45, 7) is 2.62. The van der Waals surface area contributed by atoms with E-state index in [0.717, 1.165) is 11.4 Å². The van der Waals surface area contributed by atoms with Crippen LogP contribution >= 0.6 is 0 Å². The molecule has 18 heavy (non-hydrogen) atoms. The maximum absolute atomic E-state index is 13.8. The zero-order valence-corrected chi connectivity index (χ0v) is 10.2. The fourth-order valence-electron chi connectivity index (χ4n) is 1.88. The highest BCUT2D eigenvalue weighted by Crippen LogP contribution is 2.25. The van der Waals surface area contributed by atoms with Crippen LogP contribution in [0.3, 0.4) is 0 Å². The lowest BCUT2D eigenvalue weighted by molar-refractivity contribution is 0.321. The topological polar surface area (TPSA) is 63.9 Å². The Morgan fingerprint density at radius 3 is 2.89 bits per heavy atom. The highest BCUT2D eigenvalue weighted by molar-refractivity contribution is 5.34. The van der Waals surface area contributed by atoms with Crippen LogP contribution in [-0.2, 0) is 0 Å². The Balaban J connectivity index is 2.30. The third-order valence-electron chi connectivity index (χ3n) is 2.74. The molecule has 5 heteroatoms. The van der Waals surface area contributed by atoms with E-state index in [9.17, 15) is 4.39 Å². The van der Waals surface area contributed by atoms with E-state index in [0.29, 0.717) is 13.2 Å². The SMILES string of the molecule is CCOc1ccc(C(CN)c2ncc[nH]2)cc1F. The number of nitrogens with one attached hydrogen (secondary N) is 1. The highest BCUT2D eigenvalue weighted by Gasteiger charge is 2.16. The number of rotatable bonds is 5. The molecule has 0 amide bonds. The zero-order valence-electron chi connectivity index (χ0n) is 10.2. The van der Waals surface area contributed by atoms with Crippen LogP contribution in [0.25, 0.3) is 0 Å². The molecule has 96 valence electrons. The molecular formula is C13H16FN3O. The molecule has 0 aliphatic carbocycles. The standard InChI is InChI=1S/C13H16FN3O/c1-2-18-12-4-3-9(7-11(12)14)10(8-15)13-16-5-6-17-13/h3-7,10H,2,8,15H2,1H3,(H,16,17). The van der Waals surface area contributed by atoms with Crippen molar-refractivity contribution in [2.75, 3.05) is 13.2 Å². The first kappa shape index (κ1) is 12.6. The van der Waals surface area contributed by atoms with Gasteiger partial charge in [0.15, 0.2) is 11.6 Å². The first-order valence-electron chi connectivity index (χ1n) is 5.87. The summed E-state index contributed by atoms with van der Waals surface area (Å²) in [6, 6.07) is 4.89. The molecule has 2 rings (SSSR count). The van der Waals surface area contributed by atoms with E-state index in [1.807, 2.05) is 13.0 Å². The molecule has 4 nitrogen and oxygen atoms in total. The monoisotopic (exact) mass is 249 g/mol. The Bertz CT molecular complexity index is 499. The third kappa shape index (κ3) is 2.51. The Kier molecular flexibility index (Phi) is 3.94. The van der Waals surface area contributed by atoms with Crippen LogP contribution in [0.1, 0.15) is 24.2 Å². The van der Waals surface area contributed by atoms with Crippen molar-refractivity contribution in [1.82, 2.24) is 9.97 Å². The van der Waals surface area contributed by atoms with Gasteiger partial charge in [-0.3, -0.25) is 0 Å². The van der Waals surface area contributed by atoms with Crippen molar-refractivity contribution in [2.45, 2.75) is 12.8 Å². The second-order valence-corrected chi connectivity index (χ2v) is 3.89. The molecule has 0 aliphatic heterocycles. The number of imidazole rings is 1. The van der Waals surface area contributed by atoms with E-state index < -0.39 is 0 Å².